The summed E-state index contributed by atoms with van der Waals surface area (Å²) in [6.45, 7) is 22.8. The lowest BCUT2D eigenvalue weighted by atomic mass is 9.33. The van der Waals surface area contributed by atoms with Gasteiger partial charge in [-0.2, -0.15) is 0 Å². The van der Waals surface area contributed by atoms with Gasteiger partial charge in [0, 0.05) is 0 Å². The molecule has 174 valence electrons. The third kappa shape index (κ3) is 5.38. The van der Waals surface area contributed by atoms with Crippen molar-refractivity contribution < 1.29 is 4.74 Å². The normalized spacial score (nSPS) is 11.5. The summed E-state index contributed by atoms with van der Waals surface area (Å²) in [5, 5.41) is 0. The predicted molar refractivity (Wildman–Crippen MR) is 151 cm³/mol. The van der Waals surface area contributed by atoms with Gasteiger partial charge in [-0.1, -0.05) is 99.2 Å². The summed E-state index contributed by atoms with van der Waals surface area (Å²) < 4.78 is 5.93. The number of methoxy groups -OCH3 is 1. The van der Waals surface area contributed by atoms with Gasteiger partial charge < -0.3 is 9.72 Å². The maximum atomic E-state index is 5.93. The van der Waals surface area contributed by atoms with Gasteiger partial charge in [0.2, 0.25) is 6.71 Å². The van der Waals surface area contributed by atoms with Crippen molar-refractivity contribution in [3.05, 3.63) is 75.3 Å². The summed E-state index contributed by atoms with van der Waals surface area (Å²) >= 11 is 0. The minimum atomic E-state index is -1.52. The van der Waals surface area contributed by atoms with E-state index < -0.39 is 8.24 Å². The molecule has 0 heterocycles. The first-order chi connectivity index (χ1) is 15.3. The van der Waals surface area contributed by atoms with E-state index in [1.54, 1.807) is 7.11 Å². The average Bonchev–Trinajstić information content (AvgIpc) is 2.64. The molecule has 0 saturated carbocycles. The van der Waals surface area contributed by atoms with Crippen LogP contribution < -0.4 is 26.1 Å². The lowest BCUT2D eigenvalue weighted by molar-refractivity contribution is 0.417. The molecule has 0 fully saturated rings. The molecule has 1 N–H and O–H groups in total. The number of aryl methyl sites for hydroxylation is 7. The molecule has 0 aliphatic heterocycles. The number of ether oxygens (including phenoxy) is 1. The molecule has 33 heavy (non-hydrogen) atoms. The first-order valence-corrected chi connectivity index (χ1v) is 15.4. The van der Waals surface area contributed by atoms with E-state index >= 15 is 0 Å². The number of benzene rings is 3. The van der Waals surface area contributed by atoms with Crippen LogP contribution >= 0.6 is 0 Å². The van der Waals surface area contributed by atoms with E-state index in [2.05, 4.69) is 109 Å². The Hall–Kier alpha value is -2.46. The Morgan fingerprint density at radius 3 is 1.42 bits per heavy atom. The summed E-state index contributed by atoms with van der Waals surface area (Å²) in [4.78, 5) is 3.76. The van der Waals surface area contributed by atoms with Gasteiger partial charge in [0.15, 0.2) is 0 Å². The monoisotopic (exact) mass is 457 g/mol. The van der Waals surface area contributed by atoms with Crippen LogP contribution in [0, 0.1) is 48.5 Å². The van der Waals surface area contributed by atoms with Gasteiger partial charge in [-0.15, -0.1) is 0 Å². The van der Waals surface area contributed by atoms with Crippen LogP contribution in [0.25, 0.3) is 0 Å². The van der Waals surface area contributed by atoms with Crippen LogP contribution in [0.5, 0.6) is 5.75 Å². The number of hydrogen-bond donors (Lipinski definition) is 1. The summed E-state index contributed by atoms with van der Waals surface area (Å²) in [5.41, 5.74) is 14.5. The van der Waals surface area contributed by atoms with Crippen molar-refractivity contribution >= 4 is 37.0 Å². The number of anilines is 1. The Balaban J connectivity index is 2.37. The Labute approximate surface area is 203 Å². The SMILES string of the molecule is COc1cc(B(c2c(C)cc(C)cc2C)c2c(C)cc(C)cc2C)c(C)cc1N[Si](C)(C)C. The molecule has 3 aromatic carbocycles. The fourth-order valence-electron chi connectivity index (χ4n) is 5.43. The van der Waals surface area contributed by atoms with Crippen molar-refractivity contribution in [3.63, 3.8) is 0 Å². The maximum Gasteiger partial charge on any atom is 0.243 e. The van der Waals surface area contributed by atoms with E-state index in [-0.39, 0.29) is 6.71 Å². The number of rotatable bonds is 6. The highest BCUT2D eigenvalue weighted by molar-refractivity contribution is 6.97. The molecular formula is C29H40BNOSi. The first kappa shape index (κ1) is 25.2. The van der Waals surface area contributed by atoms with Crippen LogP contribution in [0.3, 0.4) is 0 Å². The average molecular weight is 458 g/mol. The van der Waals surface area contributed by atoms with Crippen molar-refractivity contribution in [2.75, 3.05) is 12.1 Å². The molecule has 3 rings (SSSR count). The quantitative estimate of drug-likeness (QED) is 0.486. The zero-order valence-corrected chi connectivity index (χ0v) is 23.4. The smallest absolute Gasteiger partial charge is 0.243 e. The van der Waals surface area contributed by atoms with Crippen LogP contribution in [0.1, 0.15) is 38.9 Å². The minimum absolute atomic E-state index is 0.154. The standard InChI is InChI=1S/C29H40BNOSi/c1-18-12-21(4)28(22(5)13-18)30(29-23(6)14-19(2)15-24(29)7)25-17-27(32-8)26(16-20(25)3)31-33(9,10)11/h12-17,31H,1-11H3. The van der Waals surface area contributed by atoms with Crippen molar-refractivity contribution in [3.8, 4) is 5.75 Å². The molecule has 0 aromatic heterocycles. The largest absolute Gasteiger partial charge is 0.495 e. The molecule has 0 aliphatic carbocycles. The van der Waals surface area contributed by atoms with Crippen LogP contribution in [0.4, 0.5) is 5.69 Å². The van der Waals surface area contributed by atoms with Gasteiger partial charge in [-0.05, 0) is 60.6 Å². The zero-order chi connectivity index (χ0) is 24.7. The second-order valence-electron chi connectivity index (χ2n) is 10.8. The topological polar surface area (TPSA) is 21.3 Å². The molecule has 0 aliphatic rings. The molecule has 2 nitrogen and oxygen atoms in total. The fraction of sp³-hybridized carbons (Fsp3) is 0.379. The first-order valence-electron chi connectivity index (χ1n) is 11.9. The van der Waals surface area contributed by atoms with Gasteiger partial charge in [-0.25, -0.2) is 0 Å². The molecule has 0 amide bonds. The lowest BCUT2D eigenvalue weighted by Gasteiger charge is -2.28. The van der Waals surface area contributed by atoms with E-state index in [4.69, 9.17) is 4.74 Å². The van der Waals surface area contributed by atoms with Gasteiger partial charge in [-0.3, -0.25) is 0 Å². The van der Waals surface area contributed by atoms with Crippen molar-refractivity contribution in [1.82, 2.24) is 0 Å². The highest BCUT2D eigenvalue weighted by Gasteiger charge is 2.31. The summed E-state index contributed by atoms with van der Waals surface area (Å²) in [6, 6.07) is 13.9. The zero-order valence-electron chi connectivity index (χ0n) is 22.4. The van der Waals surface area contributed by atoms with Gasteiger partial charge in [0.25, 0.3) is 0 Å². The van der Waals surface area contributed by atoms with Crippen molar-refractivity contribution in [2.45, 2.75) is 68.1 Å². The second-order valence-corrected chi connectivity index (χ2v) is 15.6. The minimum Gasteiger partial charge on any atom is -0.495 e. The highest BCUT2D eigenvalue weighted by Crippen LogP contribution is 2.27. The van der Waals surface area contributed by atoms with E-state index in [9.17, 15) is 0 Å². The molecule has 4 heteroatoms. The summed E-state index contributed by atoms with van der Waals surface area (Å²) in [5.74, 6) is 0.924. The second kappa shape index (κ2) is 9.42. The Kier molecular flexibility index (Phi) is 7.19. The van der Waals surface area contributed by atoms with Crippen molar-refractivity contribution in [1.29, 1.82) is 0 Å². The Bertz CT molecular complexity index is 1090. The van der Waals surface area contributed by atoms with E-state index in [0.29, 0.717) is 0 Å². The summed E-state index contributed by atoms with van der Waals surface area (Å²) in [7, 11) is 0.262. The fourth-order valence-corrected chi connectivity index (χ4v) is 6.44. The van der Waals surface area contributed by atoms with Gasteiger partial charge in [0.1, 0.15) is 14.0 Å². The Morgan fingerprint density at radius 1 is 0.636 bits per heavy atom. The van der Waals surface area contributed by atoms with E-state index in [0.717, 1.165) is 11.4 Å². The van der Waals surface area contributed by atoms with Crippen molar-refractivity contribution in [2.24, 2.45) is 0 Å². The summed E-state index contributed by atoms with van der Waals surface area (Å²) in [6.07, 6.45) is 0. The van der Waals surface area contributed by atoms with Gasteiger partial charge in [0.05, 0.1) is 12.8 Å². The molecule has 0 bridgehead atoms. The third-order valence-electron chi connectivity index (χ3n) is 6.46. The molecule has 0 unspecified atom stereocenters. The maximum absolute atomic E-state index is 5.93. The molecule has 0 radical (unpaired) electrons. The molecule has 0 saturated heterocycles. The van der Waals surface area contributed by atoms with E-state index in [1.807, 2.05) is 0 Å². The van der Waals surface area contributed by atoms with Gasteiger partial charge >= 0.3 is 0 Å². The Morgan fingerprint density at radius 2 is 1.06 bits per heavy atom. The number of hydrogen-bond acceptors (Lipinski definition) is 2. The molecule has 3 aromatic rings. The van der Waals surface area contributed by atoms with E-state index in [1.165, 1.54) is 55.3 Å². The predicted octanol–water partition coefficient (Wildman–Crippen LogP) is 5.62. The van der Waals surface area contributed by atoms with Crippen LogP contribution in [0.2, 0.25) is 19.6 Å². The van der Waals surface area contributed by atoms with Crippen LogP contribution in [-0.2, 0) is 0 Å². The number of nitrogens with one attached hydrogen (secondary N) is 1. The highest BCUT2D eigenvalue weighted by atomic mass is 28.3. The van der Waals surface area contributed by atoms with Crippen LogP contribution in [-0.4, -0.2) is 22.1 Å². The molecule has 0 spiro atoms. The third-order valence-corrected chi connectivity index (χ3v) is 7.48. The molecular weight excluding hydrogens is 417 g/mol. The molecule has 0 atom stereocenters. The lowest BCUT2D eigenvalue weighted by Crippen LogP contribution is -2.56. The van der Waals surface area contributed by atoms with Crippen LogP contribution in [0.15, 0.2) is 36.4 Å².